The van der Waals surface area contributed by atoms with Crippen molar-refractivity contribution in [3.05, 3.63) is 74.7 Å². The second-order valence-electron chi connectivity index (χ2n) is 3.87. The molecule has 0 radical (unpaired) electrons. The van der Waals surface area contributed by atoms with Crippen LogP contribution in [0.4, 0.5) is 0 Å². The van der Waals surface area contributed by atoms with E-state index in [0.717, 1.165) is 20.1 Å². The first-order valence-electron chi connectivity index (χ1n) is 5.42. The SMILES string of the molecule is O=C=CC(c1ccc(Br)cc1)c1ccc(Br)cc1. The van der Waals surface area contributed by atoms with Crippen LogP contribution in [-0.4, -0.2) is 5.94 Å². The third kappa shape index (κ3) is 3.20. The number of benzene rings is 2. The smallest absolute Gasteiger partial charge is 0.121 e. The molecule has 0 amide bonds. The van der Waals surface area contributed by atoms with Crippen molar-refractivity contribution in [3.8, 4) is 0 Å². The van der Waals surface area contributed by atoms with E-state index in [1.807, 2.05) is 54.5 Å². The Balaban J connectivity index is 2.42. The van der Waals surface area contributed by atoms with E-state index < -0.39 is 0 Å². The number of rotatable bonds is 3. The van der Waals surface area contributed by atoms with Crippen LogP contribution in [0, 0.1) is 0 Å². The van der Waals surface area contributed by atoms with E-state index in [1.54, 1.807) is 6.08 Å². The van der Waals surface area contributed by atoms with Crippen LogP contribution in [0.25, 0.3) is 0 Å². The van der Waals surface area contributed by atoms with Gasteiger partial charge in [-0.1, -0.05) is 56.1 Å². The lowest BCUT2D eigenvalue weighted by molar-refractivity contribution is 0.568. The highest BCUT2D eigenvalue weighted by molar-refractivity contribution is 9.10. The fourth-order valence-corrected chi connectivity index (χ4v) is 2.32. The van der Waals surface area contributed by atoms with Crippen molar-refractivity contribution in [2.45, 2.75) is 5.92 Å². The van der Waals surface area contributed by atoms with Crippen molar-refractivity contribution in [1.82, 2.24) is 0 Å². The standard InChI is InChI=1S/C15H10Br2O/c16-13-5-1-11(2-6-13)15(9-10-18)12-3-7-14(17)8-4-12/h1-9,15H. The second-order valence-corrected chi connectivity index (χ2v) is 5.70. The Morgan fingerprint density at radius 3 is 1.56 bits per heavy atom. The van der Waals surface area contributed by atoms with E-state index in [-0.39, 0.29) is 5.92 Å². The Bertz CT molecular complexity index is 521. The fraction of sp³-hybridized carbons (Fsp3) is 0.0667. The Kier molecular flexibility index (Phi) is 4.54. The van der Waals surface area contributed by atoms with Crippen LogP contribution in [0.1, 0.15) is 17.0 Å². The molecule has 2 aromatic rings. The molecule has 3 heteroatoms. The maximum atomic E-state index is 10.7. The predicted octanol–water partition coefficient (Wildman–Crippen LogP) is 4.73. The number of carbonyl (C=O) groups excluding carboxylic acids is 1. The molecule has 0 saturated heterocycles. The Morgan fingerprint density at radius 1 is 0.833 bits per heavy atom. The molecule has 0 heterocycles. The van der Waals surface area contributed by atoms with Crippen LogP contribution in [0.3, 0.4) is 0 Å². The first-order valence-corrected chi connectivity index (χ1v) is 7.01. The molecule has 1 nitrogen and oxygen atoms in total. The third-order valence-electron chi connectivity index (χ3n) is 2.69. The number of hydrogen-bond donors (Lipinski definition) is 0. The first kappa shape index (κ1) is 13.3. The molecule has 0 aliphatic heterocycles. The van der Waals surface area contributed by atoms with Crippen LogP contribution in [0.5, 0.6) is 0 Å². The van der Waals surface area contributed by atoms with Gasteiger partial charge in [-0.05, 0) is 35.4 Å². The summed E-state index contributed by atoms with van der Waals surface area (Å²) < 4.78 is 2.05. The van der Waals surface area contributed by atoms with Gasteiger partial charge in [-0.25, -0.2) is 4.79 Å². The van der Waals surface area contributed by atoms with E-state index in [2.05, 4.69) is 31.9 Å². The van der Waals surface area contributed by atoms with Gasteiger partial charge in [-0.2, -0.15) is 0 Å². The average Bonchev–Trinajstić information content (AvgIpc) is 2.39. The van der Waals surface area contributed by atoms with Crippen LogP contribution in [0.15, 0.2) is 63.6 Å². The van der Waals surface area contributed by atoms with Crippen LogP contribution >= 0.6 is 31.9 Å². The van der Waals surface area contributed by atoms with Crippen molar-refractivity contribution >= 4 is 37.8 Å². The van der Waals surface area contributed by atoms with Crippen molar-refractivity contribution in [3.63, 3.8) is 0 Å². The Hall–Kier alpha value is -1.15. The largest absolute Gasteiger partial charge is 0.234 e. The van der Waals surface area contributed by atoms with Crippen LogP contribution in [0.2, 0.25) is 0 Å². The minimum absolute atomic E-state index is 0.0521. The monoisotopic (exact) mass is 364 g/mol. The third-order valence-corrected chi connectivity index (χ3v) is 3.75. The second kappa shape index (κ2) is 6.14. The van der Waals surface area contributed by atoms with Crippen molar-refractivity contribution in [2.24, 2.45) is 0 Å². The molecule has 0 fully saturated rings. The van der Waals surface area contributed by atoms with E-state index in [4.69, 9.17) is 0 Å². The lowest BCUT2D eigenvalue weighted by atomic mass is 9.91. The predicted molar refractivity (Wildman–Crippen MR) is 80.4 cm³/mol. The molecule has 0 atom stereocenters. The number of allylic oxidation sites excluding steroid dienone is 1. The molecule has 0 bridgehead atoms. The summed E-state index contributed by atoms with van der Waals surface area (Å²) in [6, 6.07) is 15.9. The molecule has 2 aromatic carbocycles. The van der Waals surface area contributed by atoms with Crippen molar-refractivity contribution in [2.75, 3.05) is 0 Å². The highest BCUT2D eigenvalue weighted by Crippen LogP contribution is 2.27. The van der Waals surface area contributed by atoms with Crippen LogP contribution in [-0.2, 0) is 4.79 Å². The highest BCUT2D eigenvalue weighted by Gasteiger charge is 2.11. The number of hydrogen-bond acceptors (Lipinski definition) is 1. The maximum Gasteiger partial charge on any atom is 0.121 e. The molecule has 18 heavy (non-hydrogen) atoms. The molecule has 90 valence electrons. The zero-order valence-electron chi connectivity index (χ0n) is 9.44. The topological polar surface area (TPSA) is 17.1 Å². The molecule has 0 aromatic heterocycles. The van der Waals surface area contributed by atoms with Gasteiger partial charge >= 0.3 is 0 Å². The maximum absolute atomic E-state index is 10.7. The van der Waals surface area contributed by atoms with Gasteiger partial charge in [0.25, 0.3) is 0 Å². The Morgan fingerprint density at radius 2 is 1.22 bits per heavy atom. The summed E-state index contributed by atoms with van der Waals surface area (Å²) in [5, 5.41) is 0. The van der Waals surface area contributed by atoms with Gasteiger partial charge in [-0.15, -0.1) is 0 Å². The Labute approximate surface area is 123 Å². The summed E-state index contributed by atoms with van der Waals surface area (Å²) in [6.07, 6.45) is 1.55. The van der Waals surface area contributed by atoms with E-state index in [0.29, 0.717) is 0 Å². The molecule has 2 rings (SSSR count). The molecule has 0 aliphatic rings. The summed E-state index contributed by atoms with van der Waals surface area (Å²) in [6.45, 7) is 0. The van der Waals surface area contributed by atoms with E-state index >= 15 is 0 Å². The average molecular weight is 366 g/mol. The fourth-order valence-electron chi connectivity index (χ4n) is 1.79. The summed E-state index contributed by atoms with van der Waals surface area (Å²) in [5.74, 6) is 1.84. The first-order chi connectivity index (χ1) is 8.70. The zero-order valence-corrected chi connectivity index (χ0v) is 12.6. The summed E-state index contributed by atoms with van der Waals surface area (Å²) in [5.41, 5.74) is 2.15. The minimum Gasteiger partial charge on any atom is -0.234 e. The van der Waals surface area contributed by atoms with Gasteiger partial charge in [0.1, 0.15) is 5.94 Å². The molecule has 0 unspecified atom stereocenters. The molecule has 0 spiro atoms. The highest BCUT2D eigenvalue weighted by atomic mass is 79.9. The van der Waals surface area contributed by atoms with Gasteiger partial charge in [-0.3, -0.25) is 0 Å². The molecular weight excluding hydrogens is 356 g/mol. The summed E-state index contributed by atoms with van der Waals surface area (Å²) in [7, 11) is 0. The summed E-state index contributed by atoms with van der Waals surface area (Å²) in [4.78, 5) is 10.7. The van der Waals surface area contributed by atoms with Crippen molar-refractivity contribution < 1.29 is 4.79 Å². The normalized spacial score (nSPS) is 10.2. The van der Waals surface area contributed by atoms with Gasteiger partial charge < -0.3 is 0 Å². The van der Waals surface area contributed by atoms with Gasteiger partial charge in [0.05, 0.1) is 0 Å². The molecular formula is C15H10Br2O. The molecule has 0 N–H and O–H groups in total. The van der Waals surface area contributed by atoms with Gasteiger partial charge in [0, 0.05) is 20.9 Å². The lowest BCUT2D eigenvalue weighted by Gasteiger charge is -2.12. The number of halogens is 2. The van der Waals surface area contributed by atoms with Gasteiger partial charge in [0.15, 0.2) is 0 Å². The molecule has 0 aliphatic carbocycles. The van der Waals surface area contributed by atoms with Gasteiger partial charge in [0.2, 0.25) is 0 Å². The molecule has 0 saturated carbocycles. The van der Waals surface area contributed by atoms with E-state index in [1.165, 1.54) is 0 Å². The van der Waals surface area contributed by atoms with Crippen molar-refractivity contribution in [1.29, 1.82) is 0 Å². The quantitative estimate of drug-likeness (QED) is 0.718. The zero-order chi connectivity index (χ0) is 13.0. The van der Waals surface area contributed by atoms with E-state index in [9.17, 15) is 4.79 Å². The lowest BCUT2D eigenvalue weighted by Crippen LogP contribution is -1.97. The minimum atomic E-state index is -0.0521. The summed E-state index contributed by atoms with van der Waals surface area (Å²) >= 11 is 6.81. The van der Waals surface area contributed by atoms with Crippen LogP contribution < -0.4 is 0 Å².